The first-order chi connectivity index (χ1) is 16.8. The summed E-state index contributed by atoms with van der Waals surface area (Å²) in [6, 6.07) is 8.96. The Morgan fingerprint density at radius 2 is 1.77 bits per heavy atom. The Morgan fingerprint density at radius 3 is 2.49 bits per heavy atom. The summed E-state index contributed by atoms with van der Waals surface area (Å²) in [6.07, 6.45) is 1.25. The highest BCUT2D eigenvalue weighted by Crippen LogP contribution is 2.44. The van der Waals surface area contributed by atoms with E-state index in [9.17, 15) is 12.8 Å². The molecule has 1 aromatic carbocycles. The fourth-order valence-electron chi connectivity index (χ4n) is 5.81. The summed E-state index contributed by atoms with van der Waals surface area (Å²) in [5.41, 5.74) is 2.19. The largest absolute Gasteiger partial charge is 0.355 e. The monoisotopic (exact) mass is 515 g/mol. The predicted molar refractivity (Wildman–Crippen MR) is 129 cm³/mol. The first kappa shape index (κ1) is 21.5. The predicted octanol–water partition coefficient (Wildman–Crippen LogP) is 1.89. The molecule has 0 amide bonds. The SMILES string of the molecule is O=S1(=O)CC(N2Cc3cc(Cl)ccc3-n3c(nnc3N3CC4(CN(c5ccc(F)cn5)C4)C3)C2)C1. The zero-order valence-corrected chi connectivity index (χ0v) is 20.4. The lowest BCUT2D eigenvalue weighted by Crippen LogP contribution is -2.73. The number of nitrogens with zero attached hydrogens (tertiary/aromatic N) is 7. The number of fused-ring (bicyclic) bond motifs is 3. The minimum Gasteiger partial charge on any atom is -0.355 e. The van der Waals surface area contributed by atoms with E-state index in [0.717, 1.165) is 55.0 Å². The molecule has 1 spiro atoms. The number of hydrogen-bond donors (Lipinski definition) is 0. The van der Waals surface area contributed by atoms with Gasteiger partial charge in [-0.25, -0.2) is 17.8 Å². The van der Waals surface area contributed by atoms with Gasteiger partial charge in [0.2, 0.25) is 5.95 Å². The van der Waals surface area contributed by atoms with Crippen LogP contribution in [-0.2, 0) is 22.9 Å². The van der Waals surface area contributed by atoms with Gasteiger partial charge in [-0.3, -0.25) is 9.47 Å². The summed E-state index contributed by atoms with van der Waals surface area (Å²) in [6.45, 7) is 4.61. The molecule has 6 heterocycles. The van der Waals surface area contributed by atoms with Crippen molar-refractivity contribution in [3.63, 3.8) is 0 Å². The second kappa shape index (κ2) is 7.37. The van der Waals surface area contributed by atoms with E-state index in [1.54, 1.807) is 6.07 Å². The maximum Gasteiger partial charge on any atom is 0.231 e. The molecule has 0 saturated carbocycles. The van der Waals surface area contributed by atoms with E-state index in [2.05, 4.69) is 34.4 Å². The van der Waals surface area contributed by atoms with Gasteiger partial charge in [0, 0.05) is 49.2 Å². The van der Waals surface area contributed by atoms with Crippen LogP contribution < -0.4 is 9.80 Å². The highest BCUT2D eigenvalue weighted by molar-refractivity contribution is 7.92. The average molecular weight is 516 g/mol. The van der Waals surface area contributed by atoms with Crippen molar-refractivity contribution in [1.82, 2.24) is 24.6 Å². The highest BCUT2D eigenvalue weighted by atomic mass is 35.5. The Hall–Kier alpha value is -2.76. The van der Waals surface area contributed by atoms with Gasteiger partial charge in [0.15, 0.2) is 15.7 Å². The van der Waals surface area contributed by atoms with E-state index in [1.807, 2.05) is 18.2 Å². The molecule has 12 heteroatoms. The van der Waals surface area contributed by atoms with Gasteiger partial charge in [-0.2, -0.15) is 0 Å². The molecule has 4 aliphatic heterocycles. The Labute approximate surface area is 207 Å². The number of benzene rings is 1. The molecule has 4 aliphatic rings. The summed E-state index contributed by atoms with van der Waals surface area (Å²) < 4.78 is 38.9. The number of halogens is 2. The molecule has 0 aliphatic carbocycles. The van der Waals surface area contributed by atoms with Crippen LogP contribution in [0.3, 0.4) is 0 Å². The smallest absolute Gasteiger partial charge is 0.231 e. The molecule has 0 radical (unpaired) electrons. The number of rotatable bonds is 3. The number of anilines is 2. The van der Waals surface area contributed by atoms with Crippen molar-refractivity contribution in [1.29, 1.82) is 0 Å². The number of pyridine rings is 1. The van der Waals surface area contributed by atoms with Gasteiger partial charge >= 0.3 is 0 Å². The molecule has 3 aromatic rings. The molecule has 0 atom stereocenters. The topological polar surface area (TPSA) is 87.5 Å². The van der Waals surface area contributed by atoms with Crippen molar-refractivity contribution in [3.8, 4) is 5.69 Å². The van der Waals surface area contributed by atoms with Gasteiger partial charge in [-0.1, -0.05) is 11.6 Å². The average Bonchev–Trinajstić information content (AvgIpc) is 3.06. The van der Waals surface area contributed by atoms with Crippen molar-refractivity contribution in [2.75, 3.05) is 47.5 Å². The Kier molecular flexibility index (Phi) is 4.53. The molecule has 35 heavy (non-hydrogen) atoms. The zero-order valence-electron chi connectivity index (χ0n) is 18.8. The molecule has 7 rings (SSSR count). The van der Waals surface area contributed by atoms with Gasteiger partial charge in [-0.05, 0) is 35.9 Å². The Morgan fingerprint density at radius 1 is 1.00 bits per heavy atom. The van der Waals surface area contributed by atoms with Crippen LogP contribution in [0.15, 0.2) is 36.5 Å². The van der Waals surface area contributed by atoms with Gasteiger partial charge in [0.1, 0.15) is 11.6 Å². The van der Waals surface area contributed by atoms with Gasteiger partial charge in [-0.15, -0.1) is 10.2 Å². The van der Waals surface area contributed by atoms with E-state index in [0.29, 0.717) is 18.1 Å². The van der Waals surface area contributed by atoms with E-state index in [4.69, 9.17) is 11.6 Å². The van der Waals surface area contributed by atoms with E-state index >= 15 is 0 Å². The molecule has 3 fully saturated rings. The van der Waals surface area contributed by atoms with Crippen molar-refractivity contribution in [2.45, 2.75) is 19.1 Å². The molecule has 3 saturated heterocycles. The molecule has 9 nitrogen and oxygen atoms in total. The van der Waals surface area contributed by atoms with Crippen molar-refractivity contribution in [2.24, 2.45) is 5.41 Å². The summed E-state index contributed by atoms with van der Waals surface area (Å²) in [7, 11) is -2.94. The molecule has 182 valence electrons. The lowest BCUT2D eigenvalue weighted by molar-refractivity contribution is 0.153. The first-order valence-corrected chi connectivity index (χ1v) is 13.8. The van der Waals surface area contributed by atoms with Crippen LogP contribution in [0, 0.1) is 11.2 Å². The molecular weight excluding hydrogens is 493 g/mol. The number of hydrogen-bond acceptors (Lipinski definition) is 8. The fourth-order valence-corrected chi connectivity index (χ4v) is 7.50. The standard InChI is InChI=1S/C23H23ClFN7O2S/c24-16-1-3-19-15(5-16)7-29(18-9-35(33,34)10-18)8-21-27-28-22(32(19)21)31-13-23(14-31)11-30(12-23)20-4-2-17(25)6-26-20/h1-6,18H,7-14H2. The maximum atomic E-state index is 13.2. The van der Waals surface area contributed by atoms with Crippen LogP contribution in [0.1, 0.15) is 11.4 Å². The number of sulfone groups is 1. The second-order valence-electron chi connectivity index (χ2n) is 10.2. The van der Waals surface area contributed by atoms with Crippen LogP contribution in [0.4, 0.5) is 16.2 Å². The van der Waals surface area contributed by atoms with Gasteiger partial charge in [0.25, 0.3) is 0 Å². The van der Waals surface area contributed by atoms with Crippen LogP contribution in [0.25, 0.3) is 5.69 Å². The first-order valence-electron chi connectivity index (χ1n) is 11.6. The maximum absolute atomic E-state index is 13.2. The third kappa shape index (κ3) is 3.51. The molecule has 0 bridgehead atoms. The minimum absolute atomic E-state index is 0.0214. The zero-order chi connectivity index (χ0) is 23.9. The van der Waals surface area contributed by atoms with E-state index in [-0.39, 0.29) is 28.8 Å². The quantitative estimate of drug-likeness (QED) is 0.522. The lowest BCUT2D eigenvalue weighted by Gasteiger charge is -2.60. The summed E-state index contributed by atoms with van der Waals surface area (Å²) in [5.74, 6) is 2.43. The fraction of sp³-hybridized carbons (Fsp3) is 0.435. The van der Waals surface area contributed by atoms with Crippen molar-refractivity contribution >= 4 is 33.2 Å². The molecular formula is C23H23ClFN7O2S. The molecule has 2 aromatic heterocycles. The van der Waals surface area contributed by atoms with Crippen LogP contribution >= 0.6 is 11.6 Å². The third-order valence-electron chi connectivity index (χ3n) is 7.55. The summed E-state index contributed by atoms with van der Waals surface area (Å²) in [5, 5.41) is 9.72. The van der Waals surface area contributed by atoms with Crippen molar-refractivity contribution in [3.05, 3.63) is 58.8 Å². The van der Waals surface area contributed by atoms with Gasteiger partial charge in [0.05, 0.1) is 29.9 Å². The van der Waals surface area contributed by atoms with Gasteiger partial charge < -0.3 is 9.80 Å². The number of aromatic nitrogens is 4. The highest BCUT2D eigenvalue weighted by Gasteiger charge is 2.53. The molecule has 0 unspecified atom stereocenters. The Balaban J connectivity index is 1.14. The third-order valence-corrected chi connectivity index (χ3v) is 9.57. The van der Waals surface area contributed by atoms with Crippen LogP contribution in [0.5, 0.6) is 0 Å². The summed E-state index contributed by atoms with van der Waals surface area (Å²) in [4.78, 5) is 10.8. The normalized spacial score (nSPS) is 22.6. The van der Waals surface area contributed by atoms with Crippen LogP contribution in [0.2, 0.25) is 5.02 Å². The minimum atomic E-state index is -2.94. The van der Waals surface area contributed by atoms with Crippen molar-refractivity contribution < 1.29 is 12.8 Å². The lowest BCUT2D eigenvalue weighted by atomic mass is 9.73. The second-order valence-corrected chi connectivity index (χ2v) is 12.8. The van der Waals surface area contributed by atoms with E-state index < -0.39 is 9.84 Å². The van der Waals surface area contributed by atoms with E-state index in [1.165, 1.54) is 12.3 Å². The summed E-state index contributed by atoms with van der Waals surface area (Å²) >= 11 is 6.33. The van der Waals surface area contributed by atoms with Crippen LogP contribution in [-0.4, -0.2) is 76.8 Å². The Bertz CT molecular complexity index is 1420. The molecule has 0 N–H and O–H groups in total.